The number of imidazole rings is 1. The first-order valence-electron chi connectivity index (χ1n) is 9.70. The second-order valence-electron chi connectivity index (χ2n) is 7.29. The molecule has 0 saturated heterocycles. The molecule has 30 heavy (non-hydrogen) atoms. The van der Waals surface area contributed by atoms with Crippen LogP contribution in [0.15, 0.2) is 70.3 Å². The third kappa shape index (κ3) is 2.61. The Morgan fingerprint density at radius 3 is 2.20 bits per heavy atom. The quantitative estimate of drug-likeness (QED) is 0.462. The SMILES string of the molecule is Cn1c(=O)c2c(n(C)c1=O)n1c(-c3ccccc3)nnc1n2CCc1ccccc1. The lowest BCUT2D eigenvalue weighted by atomic mass is 10.1. The zero-order valence-corrected chi connectivity index (χ0v) is 16.7. The molecule has 0 fully saturated rings. The van der Waals surface area contributed by atoms with Crippen molar-refractivity contribution in [1.82, 2.24) is 28.3 Å². The van der Waals surface area contributed by atoms with Gasteiger partial charge in [-0.25, -0.2) is 9.20 Å². The van der Waals surface area contributed by atoms with Gasteiger partial charge in [-0.3, -0.25) is 13.9 Å². The monoisotopic (exact) mass is 400 g/mol. The van der Waals surface area contributed by atoms with E-state index in [1.165, 1.54) is 11.6 Å². The minimum absolute atomic E-state index is 0.342. The molecule has 0 aliphatic heterocycles. The van der Waals surface area contributed by atoms with Crippen LogP contribution in [0.1, 0.15) is 5.56 Å². The largest absolute Gasteiger partial charge is 0.332 e. The third-order valence-corrected chi connectivity index (χ3v) is 5.48. The van der Waals surface area contributed by atoms with Crippen molar-refractivity contribution in [3.8, 4) is 11.4 Å². The van der Waals surface area contributed by atoms with Gasteiger partial charge >= 0.3 is 5.69 Å². The maximum absolute atomic E-state index is 13.1. The summed E-state index contributed by atoms with van der Waals surface area (Å²) in [6.07, 6.45) is 0.722. The molecule has 5 rings (SSSR count). The fourth-order valence-corrected chi connectivity index (χ4v) is 3.93. The molecular formula is C22H20N6O2. The van der Waals surface area contributed by atoms with E-state index < -0.39 is 0 Å². The highest BCUT2D eigenvalue weighted by Crippen LogP contribution is 2.24. The summed E-state index contributed by atoms with van der Waals surface area (Å²) in [5.74, 6) is 1.13. The molecule has 0 bridgehead atoms. The van der Waals surface area contributed by atoms with Gasteiger partial charge in [-0.1, -0.05) is 60.7 Å². The lowest BCUT2D eigenvalue weighted by Gasteiger charge is -2.07. The van der Waals surface area contributed by atoms with E-state index in [-0.39, 0.29) is 11.2 Å². The van der Waals surface area contributed by atoms with Crippen molar-refractivity contribution in [2.45, 2.75) is 13.0 Å². The summed E-state index contributed by atoms with van der Waals surface area (Å²) in [4.78, 5) is 25.8. The van der Waals surface area contributed by atoms with E-state index in [4.69, 9.17) is 0 Å². The van der Waals surface area contributed by atoms with Gasteiger partial charge in [0.05, 0.1) is 0 Å². The van der Waals surface area contributed by atoms with E-state index in [0.717, 1.165) is 22.1 Å². The molecule has 150 valence electrons. The van der Waals surface area contributed by atoms with E-state index in [1.807, 2.05) is 53.1 Å². The summed E-state index contributed by atoms with van der Waals surface area (Å²) in [6.45, 7) is 0.539. The Bertz CT molecular complexity index is 1490. The minimum atomic E-state index is -0.387. The van der Waals surface area contributed by atoms with Crippen LogP contribution in [0.2, 0.25) is 0 Å². The second-order valence-corrected chi connectivity index (χ2v) is 7.29. The molecule has 3 heterocycles. The molecule has 0 spiro atoms. The van der Waals surface area contributed by atoms with Gasteiger partial charge < -0.3 is 4.57 Å². The topological polar surface area (TPSA) is 79.1 Å². The van der Waals surface area contributed by atoms with E-state index in [2.05, 4.69) is 22.3 Å². The predicted octanol–water partition coefficient (Wildman–Crippen LogP) is 1.99. The fourth-order valence-electron chi connectivity index (χ4n) is 3.93. The molecule has 0 atom stereocenters. The zero-order chi connectivity index (χ0) is 20.8. The molecule has 0 saturated carbocycles. The van der Waals surface area contributed by atoms with Gasteiger partial charge in [0, 0.05) is 26.2 Å². The van der Waals surface area contributed by atoms with Crippen LogP contribution in [-0.4, -0.2) is 28.3 Å². The van der Waals surface area contributed by atoms with Crippen LogP contribution in [0, 0.1) is 0 Å². The van der Waals surface area contributed by atoms with Crippen molar-refractivity contribution in [3.05, 3.63) is 87.1 Å². The van der Waals surface area contributed by atoms with E-state index in [1.54, 1.807) is 11.4 Å². The summed E-state index contributed by atoms with van der Waals surface area (Å²) in [5.41, 5.74) is 2.22. The maximum atomic E-state index is 13.1. The van der Waals surface area contributed by atoms with Gasteiger partial charge in [0.15, 0.2) is 17.0 Å². The summed E-state index contributed by atoms with van der Waals surface area (Å²) in [7, 11) is 3.16. The number of hydrogen-bond acceptors (Lipinski definition) is 4. The summed E-state index contributed by atoms with van der Waals surface area (Å²) >= 11 is 0. The summed E-state index contributed by atoms with van der Waals surface area (Å²) in [6, 6.07) is 19.7. The molecule has 8 nitrogen and oxygen atoms in total. The molecule has 0 unspecified atom stereocenters. The molecule has 0 radical (unpaired) electrons. The summed E-state index contributed by atoms with van der Waals surface area (Å²) < 4.78 is 6.29. The molecule has 0 aliphatic carbocycles. The number of rotatable bonds is 4. The normalized spacial score (nSPS) is 11.5. The fraction of sp³-hybridized carbons (Fsp3) is 0.182. The number of aromatic nitrogens is 6. The van der Waals surface area contributed by atoms with E-state index in [9.17, 15) is 9.59 Å². The Morgan fingerprint density at radius 1 is 0.833 bits per heavy atom. The van der Waals surface area contributed by atoms with Gasteiger partial charge in [-0.15, -0.1) is 10.2 Å². The van der Waals surface area contributed by atoms with Crippen molar-refractivity contribution in [3.63, 3.8) is 0 Å². The second kappa shape index (κ2) is 6.84. The van der Waals surface area contributed by atoms with Crippen molar-refractivity contribution in [2.75, 3.05) is 0 Å². The minimum Gasteiger partial charge on any atom is -0.302 e. The molecule has 0 aliphatic rings. The average molecular weight is 400 g/mol. The summed E-state index contributed by atoms with van der Waals surface area (Å²) in [5, 5.41) is 8.78. The van der Waals surface area contributed by atoms with Gasteiger partial charge in [-0.2, -0.15) is 0 Å². The lowest BCUT2D eigenvalue weighted by molar-refractivity contribution is 0.688. The Morgan fingerprint density at radius 2 is 1.50 bits per heavy atom. The van der Waals surface area contributed by atoms with Crippen LogP contribution >= 0.6 is 0 Å². The molecule has 0 N–H and O–H groups in total. The first-order chi connectivity index (χ1) is 14.6. The molecule has 2 aromatic carbocycles. The number of hydrogen-bond donors (Lipinski definition) is 0. The lowest BCUT2D eigenvalue weighted by Crippen LogP contribution is -2.37. The van der Waals surface area contributed by atoms with Crippen molar-refractivity contribution < 1.29 is 0 Å². The van der Waals surface area contributed by atoms with E-state index >= 15 is 0 Å². The van der Waals surface area contributed by atoms with Crippen LogP contribution in [-0.2, 0) is 27.1 Å². The standard InChI is InChI=1S/C22H20N6O2/c1-25-19-17(20(29)26(2)22(25)30)27(14-13-15-9-5-3-6-10-15)21-24-23-18(28(19)21)16-11-7-4-8-12-16/h3-12H,13-14H2,1-2H3. The van der Waals surface area contributed by atoms with Crippen LogP contribution in [0.3, 0.4) is 0 Å². The number of fused-ring (bicyclic) bond motifs is 3. The highest BCUT2D eigenvalue weighted by molar-refractivity contribution is 5.79. The van der Waals surface area contributed by atoms with Gasteiger partial charge in [0.25, 0.3) is 5.56 Å². The number of nitrogens with zero attached hydrogens (tertiary/aromatic N) is 6. The van der Waals surface area contributed by atoms with Crippen LogP contribution in [0.5, 0.6) is 0 Å². The molecular weight excluding hydrogens is 380 g/mol. The Hall–Kier alpha value is -3.94. The van der Waals surface area contributed by atoms with Gasteiger partial charge in [-0.05, 0) is 12.0 Å². The number of aryl methyl sites for hydroxylation is 3. The predicted molar refractivity (Wildman–Crippen MR) is 115 cm³/mol. The van der Waals surface area contributed by atoms with Gasteiger partial charge in [0.1, 0.15) is 0 Å². The van der Waals surface area contributed by atoms with E-state index in [0.29, 0.717) is 29.3 Å². The zero-order valence-electron chi connectivity index (χ0n) is 16.7. The van der Waals surface area contributed by atoms with Crippen LogP contribution < -0.4 is 11.2 Å². The Balaban J connectivity index is 1.83. The Labute approximate surface area is 171 Å². The molecule has 8 heteroatoms. The average Bonchev–Trinajstić information content (AvgIpc) is 3.34. The highest BCUT2D eigenvalue weighted by atomic mass is 16.2. The molecule has 0 amide bonds. The first-order valence-corrected chi connectivity index (χ1v) is 9.70. The number of benzene rings is 2. The first kappa shape index (κ1) is 18.1. The Kier molecular flexibility index (Phi) is 4.13. The third-order valence-electron chi connectivity index (χ3n) is 5.48. The highest BCUT2D eigenvalue weighted by Gasteiger charge is 2.23. The van der Waals surface area contributed by atoms with Crippen molar-refractivity contribution in [2.24, 2.45) is 14.1 Å². The van der Waals surface area contributed by atoms with Crippen LogP contribution in [0.4, 0.5) is 0 Å². The van der Waals surface area contributed by atoms with Crippen molar-refractivity contribution >= 4 is 16.9 Å². The van der Waals surface area contributed by atoms with Crippen molar-refractivity contribution in [1.29, 1.82) is 0 Å². The smallest absolute Gasteiger partial charge is 0.302 e. The van der Waals surface area contributed by atoms with Crippen LogP contribution in [0.25, 0.3) is 28.3 Å². The van der Waals surface area contributed by atoms with Gasteiger partial charge in [0.2, 0.25) is 5.78 Å². The molecule has 5 aromatic rings. The molecule has 3 aromatic heterocycles. The maximum Gasteiger partial charge on any atom is 0.332 e.